The Balaban J connectivity index is 1.64. The predicted molar refractivity (Wildman–Crippen MR) is 151 cm³/mol. The highest BCUT2D eigenvalue weighted by Gasteiger charge is 2.69. The molecule has 0 saturated heterocycles. The van der Waals surface area contributed by atoms with Crippen LogP contribution in [0.2, 0.25) is 0 Å². The number of allylic oxidation sites excluding steroid dienone is 1. The molecule has 1 aliphatic heterocycles. The molecule has 1 saturated carbocycles. The van der Waals surface area contributed by atoms with E-state index in [-0.39, 0.29) is 18.1 Å². The minimum Gasteiger partial charge on any atom is -0.458 e. The lowest BCUT2D eigenvalue weighted by Crippen LogP contribution is -2.72. The highest BCUT2D eigenvalue weighted by atomic mass is 16.6. The molecular weight excluding hydrogens is 522 g/mol. The van der Waals surface area contributed by atoms with E-state index in [9.17, 15) is 19.5 Å². The summed E-state index contributed by atoms with van der Waals surface area (Å²) in [7, 11) is 0. The van der Waals surface area contributed by atoms with Gasteiger partial charge in [-0.1, -0.05) is 55.8 Å². The van der Waals surface area contributed by atoms with Crippen molar-refractivity contribution in [2.24, 2.45) is 16.7 Å². The third-order valence-electron chi connectivity index (χ3n) is 9.42. The third-order valence-corrected chi connectivity index (χ3v) is 9.42. The molecule has 0 radical (unpaired) electrons. The van der Waals surface area contributed by atoms with Crippen LogP contribution in [0, 0.1) is 16.7 Å². The molecule has 2 aromatic rings. The normalized spacial score (nSPS) is 32.9. The molecule has 6 atom stereocenters. The van der Waals surface area contributed by atoms with Crippen LogP contribution in [0.25, 0.3) is 0 Å². The van der Waals surface area contributed by atoms with E-state index in [1.165, 1.54) is 12.3 Å². The fourth-order valence-corrected chi connectivity index (χ4v) is 6.71. The van der Waals surface area contributed by atoms with Gasteiger partial charge in [0.1, 0.15) is 12.2 Å². The van der Waals surface area contributed by atoms with Crippen molar-refractivity contribution in [1.29, 1.82) is 0 Å². The van der Waals surface area contributed by atoms with Crippen molar-refractivity contribution in [3.8, 4) is 0 Å². The topological polar surface area (TPSA) is 112 Å². The van der Waals surface area contributed by atoms with Crippen molar-refractivity contribution in [3.63, 3.8) is 0 Å². The Hall–Kier alpha value is -4.04. The summed E-state index contributed by atoms with van der Waals surface area (Å²) in [6.07, 6.45) is 9.42. The summed E-state index contributed by atoms with van der Waals surface area (Å²) in [6.45, 7) is 7.71. The van der Waals surface area contributed by atoms with Gasteiger partial charge in [-0.15, -0.1) is 0 Å². The van der Waals surface area contributed by atoms with Crippen LogP contribution in [-0.2, 0) is 19.0 Å². The number of carbonyl (C=O) groups excluding carboxylic acids is 3. The second-order valence-corrected chi connectivity index (χ2v) is 11.6. The summed E-state index contributed by atoms with van der Waals surface area (Å²) >= 11 is 0. The number of carbonyl (C=O) groups is 3. The lowest BCUT2D eigenvalue weighted by atomic mass is 9.44. The molecule has 0 amide bonds. The number of aromatic nitrogens is 1. The van der Waals surface area contributed by atoms with Gasteiger partial charge in [0, 0.05) is 29.3 Å². The van der Waals surface area contributed by atoms with E-state index in [1.807, 2.05) is 26.8 Å². The molecule has 6 unspecified atom stereocenters. The number of rotatable bonds is 6. The largest absolute Gasteiger partial charge is 0.458 e. The van der Waals surface area contributed by atoms with Crippen LogP contribution in [0.15, 0.2) is 90.3 Å². The van der Waals surface area contributed by atoms with Gasteiger partial charge in [-0.25, -0.2) is 14.4 Å². The molecule has 8 heteroatoms. The molecule has 8 nitrogen and oxygen atoms in total. The zero-order chi connectivity index (χ0) is 29.4. The smallest absolute Gasteiger partial charge is 0.340 e. The standard InChI is InChI=1S/C33H35NO7/c1-21-10-8-14-25-31(2,16-15-22-18-26(35)39-20-22)33(4,38)28(41-29(36)23-11-6-5-7-12-23)27(32(21,25)3)40-30(37)24-13-9-17-34-19-24/h5-7,9-13,15-19,25,27-28,38H,8,14,20H2,1-4H3. The molecular formula is C33H35NO7. The average molecular weight is 558 g/mol. The Morgan fingerprint density at radius 1 is 1.02 bits per heavy atom. The number of ether oxygens (including phenoxy) is 3. The van der Waals surface area contributed by atoms with Gasteiger partial charge >= 0.3 is 17.9 Å². The Kier molecular flexibility index (Phi) is 7.46. The Morgan fingerprint density at radius 2 is 1.71 bits per heavy atom. The molecule has 1 aromatic heterocycles. The monoisotopic (exact) mass is 557 g/mol. The van der Waals surface area contributed by atoms with Gasteiger partial charge in [0.05, 0.1) is 11.1 Å². The molecule has 3 aliphatic rings. The zero-order valence-electron chi connectivity index (χ0n) is 23.7. The fourth-order valence-electron chi connectivity index (χ4n) is 6.71. The van der Waals surface area contributed by atoms with Gasteiger partial charge < -0.3 is 19.3 Å². The molecule has 214 valence electrons. The van der Waals surface area contributed by atoms with Crippen LogP contribution in [0.1, 0.15) is 61.3 Å². The van der Waals surface area contributed by atoms with Gasteiger partial charge in [0.15, 0.2) is 12.2 Å². The number of cyclic esters (lactones) is 1. The highest BCUT2D eigenvalue weighted by Crippen LogP contribution is 2.63. The first-order chi connectivity index (χ1) is 19.5. The second kappa shape index (κ2) is 10.7. The van der Waals surface area contributed by atoms with Crippen LogP contribution in [0.5, 0.6) is 0 Å². The van der Waals surface area contributed by atoms with Crippen molar-refractivity contribution in [2.45, 2.75) is 58.3 Å². The van der Waals surface area contributed by atoms with Crippen LogP contribution >= 0.6 is 0 Å². The first kappa shape index (κ1) is 28.5. The summed E-state index contributed by atoms with van der Waals surface area (Å²) < 4.78 is 17.5. The number of fused-ring (bicyclic) bond motifs is 1. The average Bonchev–Trinajstić information content (AvgIpc) is 3.39. The Bertz CT molecular complexity index is 1430. The number of benzene rings is 1. The summed E-state index contributed by atoms with van der Waals surface area (Å²) in [6, 6.07) is 11.8. The number of hydrogen-bond acceptors (Lipinski definition) is 8. The lowest BCUT2D eigenvalue weighted by Gasteiger charge is -2.64. The quantitative estimate of drug-likeness (QED) is 0.300. The van der Waals surface area contributed by atoms with E-state index in [4.69, 9.17) is 14.2 Å². The summed E-state index contributed by atoms with van der Waals surface area (Å²) in [5.74, 6) is -1.89. The minimum atomic E-state index is -1.69. The highest BCUT2D eigenvalue weighted by molar-refractivity contribution is 5.90. The molecule has 5 rings (SSSR count). The maximum atomic E-state index is 13.5. The van der Waals surface area contributed by atoms with Crippen LogP contribution in [0.4, 0.5) is 0 Å². The number of esters is 3. The van der Waals surface area contributed by atoms with Crippen LogP contribution in [-0.4, -0.2) is 52.4 Å². The van der Waals surface area contributed by atoms with E-state index in [0.717, 1.165) is 12.0 Å². The van der Waals surface area contributed by atoms with E-state index in [2.05, 4.69) is 11.1 Å². The molecule has 0 spiro atoms. The van der Waals surface area contributed by atoms with Gasteiger partial charge in [-0.3, -0.25) is 4.98 Å². The fraction of sp³-hybridized carbons (Fsp3) is 0.394. The van der Waals surface area contributed by atoms with Gasteiger partial charge in [0.25, 0.3) is 0 Å². The van der Waals surface area contributed by atoms with Crippen LogP contribution < -0.4 is 0 Å². The maximum Gasteiger partial charge on any atom is 0.340 e. The first-order valence-corrected chi connectivity index (χ1v) is 13.8. The van der Waals surface area contributed by atoms with E-state index >= 15 is 0 Å². The third kappa shape index (κ3) is 4.90. The Labute approximate surface area is 239 Å². The minimum absolute atomic E-state index is 0.145. The Morgan fingerprint density at radius 3 is 2.37 bits per heavy atom. The van der Waals surface area contributed by atoms with Crippen LogP contribution in [0.3, 0.4) is 0 Å². The first-order valence-electron chi connectivity index (χ1n) is 13.8. The lowest BCUT2D eigenvalue weighted by molar-refractivity contribution is -0.251. The number of pyridine rings is 1. The second-order valence-electron chi connectivity index (χ2n) is 11.6. The van der Waals surface area contributed by atoms with Gasteiger partial charge in [-0.2, -0.15) is 0 Å². The molecule has 0 bridgehead atoms. The summed E-state index contributed by atoms with van der Waals surface area (Å²) in [5, 5.41) is 12.5. The summed E-state index contributed by atoms with van der Waals surface area (Å²) in [5.41, 5.74) is -1.25. The molecule has 41 heavy (non-hydrogen) atoms. The molecule has 2 heterocycles. The zero-order valence-corrected chi connectivity index (χ0v) is 23.7. The van der Waals surface area contributed by atoms with Gasteiger partial charge in [0.2, 0.25) is 0 Å². The van der Waals surface area contributed by atoms with Crippen molar-refractivity contribution >= 4 is 17.9 Å². The van der Waals surface area contributed by atoms with Crippen molar-refractivity contribution < 1.29 is 33.7 Å². The molecule has 1 fully saturated rings. The van der Waals surface area contributed by atoms with E-state index in [0.29, 0.717) is 17.6 Å². The van der Waals surface area contributed by atoms with E-state index in [1.54, 1.807) is 61.7 Å². The van der Waals surface area contributed by atoms with Crippen molar-refractivity contribution in [1.82, 2.24) is 4.98 Å². The summed E-state index contributed by atoms with van der Waals surface area (Å²) in [4.78, 5) is 42.7. The van der Waals surface area contributed by atoms with Gasteiger partial charge in [-0.05, 0) is 62.4 Å². The number of nitrogens with zero attached hydrogens (tertiary/aromatic N) is 1. The van der Waals surface area contributed by atoms with Crippen molar-refractivity contribution in [3.05, 3.63) is 101 Å². The number of aliphatic hydroxyl groups is 1. The molecule has 1 N–H and O–H groups in total. The predicted octanol–water partition coefficient (Wildman–Crippen LogP) is 5.01. The number of hydrogen-bond donors (Lipinski definition) is 1. The van der Waals surface area contributed by atoms with Crippen molar-refractivity contribution in [2.75, 3.05) is 6.61 Å². The van der Waals surface area contributed by atoms with E-state index < -0.39 is 46.5 Å². The maximum absolute atomic E-state index is 13.5. The molecule has 2 aliphatic carbocycles. The SMILES string of the molecule is CC1=CCCC2C1(C)C(OC(=O)c1cccnc1)C(OC(=O)c1ccccc1)C(C)(O)C2(C)C=CC1=CC(=O)OC1. The molecule has 1 aromatic carbocycles.